The Labute approximate surface area is 84.3 Å². The molecule has 0 unspecified atom stereocenters. The summed E-state index contributed by atoms with van der Waals surface area (Å²) in [6, 6.07) is 4.92. The molecule has 15 heavy (non-hydrogen) atoms. The first kappa shape index (κ1) is 9.51. The van der Waals surface area contributed by atoms with E-state index in [4.69, 9.17) is 4.74 Å². The number of H-pyrrole nitrogens is 1. The van der Waals surface area contributed by atoms with E-state index in [0.717, 1.165) is 0 Å². The number of hydrogen-bond acceptors (Lipinski definition) is 4. The number of nitrogens with one attached hydrogen (secondary N) is 1. The highest BCUT2D eigenvalue weighted by molar-refractivity contribution is 5.82. The first-order valence-electron chi connectivity index (χ1n) is 4.51. The minimum atomic E-state index is -0.778. The monoisotopic (exact) mass is 207 g/mol. The van der Waals surface area contributed by atoms with Crippen LogP contribution in [0, 0.1) is 0 Å². The van der Waals surface area contributed by atoms with Gasteiger partial charge in [-0.2, -0.15) is 0 Å². The lowest BCUT2D eigenvalue weighted by Gasteiger charge is -2.04. The molecule has 1 aromatic carbocycles. The zero-order valence-electron chi connectivity index (χ0n) is 8.07. The van der Waals surface area contributed by atoms with E-state index >= 15 is 0 Å². The molecule has 0 aliphatic carbocycles. The van der Waals surface area contributed by atoms with Gasteiger partial charge in [0.05, 0.1) is 12.0 Å². The minimum absolute atomic E-state index is 0.306. The van der Waals surface area contributed by atoms with Crippen LogP contribution in [0.4, 0.5) is 0 Å². The van der Waals surface area contributed by atoms with Gasteiger partial charge in [0.1, 0.15) is 11.3 Å². The van der Waals surface area contributed by atoms with E-state index in [1.165, 1.54) is 0 Å². The molecule has 2 rings (SSSR count). The molecular weight excluding hydrogens is 198 g/mol. The van der Waals surface area contributed by atoms with E-state index in [1.807, 2.05) is 6.92 Å². The Morgan fingerprint density at radius 2 is 2.20 bits per heavy atom. The smallest absolute Gasteiger partial charge is 0.419 e. The lowest BCUT2D eigenvalue weighted by molar-refractivity contribution is 0.342. The maximum absolute atomic E-state index is 11.3. The fourth-order valence-corrected chi connectivity index (χ4v) is 1.37. The van der Waals surface area contributed by atoms with Crippen LogP contribution in [-0.2, 0) is 0 Å². The second kappa shape index (κ2) is 3.61. The summed E-state index contributed by atoms with van der Waals surface area (Å²) in [4.78, 5) is 24.7. The number of rotatable bonds is 2. The fraction of sp³-hybridized carbons (Fsp3) is 0.200. The van der Waals surface area contributed by atoms with Crippen molar-refractivity contribution in [2.24, 2.45) is 0 Å². The Bertz CT molecular complexity index is 596. The molecule has 0 aliphatic rings. The maximum Gasteiger partial charge on any atom is 0.419 e. The maximum atomic E-state index is 11.3. The largest absolute Gasteiger partial charge is 0.492 e. The van der Waals surface area contributed by atoms with Gasteiger partial charge in [0, 0.05) is 0 Å². The molecule has 1 heterocycles. The molecule has 1 aromatic heterocycles. The minimum Gasteiger partial charge on any atom is -0.492 e. The number of hydrogen-bond donors (Lipinski definition) is 1. The molecule has 0 radical (unpaired) electrons. The van der Waals surface area contributed by atoms with Crippen LogP contribution in [0.15, 0.2) is 32.2 Å². The van der Waals surface area contributed by atoms with Gasteiger partial charge in [-0.25, -0.2) is 9.59 Å². The molecular formula is C10H9NO4. The van der Waals surface area contributed by atoms with Gasteiger partial charge in [-0.15, -0.1) is 0 Å². The summed E-state index contributed by atoms with van der Waals surface area (Å²) in [5.41, 5.74) is -0.282. The quantitative estimate of drug-likeness (QED) is 0.793. The highest BCUT2D eigenvalue weighted by Gasteiger charge is 2.06. The Kier molecular flexibility index (Phi) is 2.29. The molecule has 5 nitrogen and oxygen atoms in total. The van der Waals surface area contributed by atoms with Gasteiger partial charge < -0.3 is 9.15 Å². The van der Waals surface area contributed by atoms with Crippen molar-refractivity contribution >= 4 is 10.9 Å². The van der Waals surface area contributed by atoms with E-state index in [-0.39, 0.29) is 0 Å². The lowest BCUT2D eigenvalue weighted by atomic mass is 10.2. The van der Waals surface area contributed by atoms with Crippen LogP contribution >= 0.6 is 0 Å². The highest BCUT2D eigenvalue weighted by Crippen LogP contribution is 2.19. The Morgan fingerprint density at radius 3 is 2.93 bits per heavy atom. The van der Waals surface area contributed by atoms with E-state index < -0.39 is 11.4 Å². The number of ether oxygens (including phenoxy) is 1. The van der Waals surface area contributed by atoms with Crippen molar-refractivity contribution in [1.82, 2.24) is 4.98 Å². The summed E-state index contributed by atoms with van der Waals surface area (Å²) in [5, 5.41) is 0.306. The highest BCUT2D eigenvalue weighted by atomic mass is 16.5. The van der Waals surface area contributed by atoms with Crippen molar-refractivity contribution in [2.45, 2.75) is 6.92 Å². The Hall–Kier alpha value is -2.04. The molecule has 0 spiro atoms. The predicted octanol–water partition coefficient (Wildman–Crippen LogP) is 0.880. The summed E-state index contributed by atoms with van der Waals surface area (Å²) in [7, 11) is 0. The summed E-state index contributed by atoms with van der Waals surface area (Å²) >= 11 is 0. The Morgan fingerprint density at radius 1 is 1.40 bits per heavy atom. The zero-order chi connectivity index (χ0) is 10.8. The SMILES string of the molecule is CCOc1cccc2c(=O)oc(=O)[nH]c12. The van der Waals surface area contributed by atoms with Gasteiger partial charge in [0.15, 0.2) is 0 Å². The third-order valence-corrected chi connectivity index (χ3v) is 1.96. The third-order valence-electron chi connectivity index (χ3n) is 1.96. The summed E-state index contributed by atoms with van der Waals surface area (Å²) in [6.45, 7) is 2.28. The number of para-hydroxylation sites is 1. The van der Waals surface area contributed by atoms with Gasteiger partial charge in [-0.1, -0.05) is 6.07 Å². The molecule has 0 fully saturated rings. The van der Waals surface area contributed by atoms with Crippen molar-refractivity contribution < 1.29 is 9.15 Å². The first-order valence-corrected chi connectivity index (χ1v) is 4.51. The van der Waals surface area contributed by atoms with Crippen molar-refractivity contribution in [1.29, 1.82) is 0 Å². The van der Waals surface area contributed by atoms with E-state index in [0.29, 0.717) is 23.3 Å². The van der Waals surface area contributed by atoms with Crippen molar-refractivity contribution in [2.75, 3.05) is 6.61 Å². The van der Waals surface area contributed by atoms with Crippen LogP contribution in [0.25, 0.3) is 10.9 Å². The van der Waals surface area contributed by atoms with Crippen molar-refractivity contribution in [3.8, 4) is 5.75 Å². The molecule has 0 atom stereocenters. The molecule has 1 N–H and O–H groups in total. The number of aromatic amines is 1. The van der Waals surface area contributed by atoms with Crippen molar-refractivity contribution in [3.05, 3.63) is 39.2 Å². The standard InChI is InChI=1S/C10H9NO4/c1-2-14-7-5-3-4-6-8(7)11-10(13)15-9(6)12/h3-5H,2H2,1H3,(H,11,13). The summed E-state index contributed by atoms with van der Waals surface area (Å²) in [5.74, 6) is -0.306. The van der Waals surface area contributed by atoms with Crippen LogP contribution in [0.2, 0.25) is 0 Å². The van der Waals surface area contributed by atoms with E-state index in [1.54, 1.807) is 18.2 Å². The Balaban J connectivity index is 2.85. The van der Waals surface area contributed by atoms with Gasteiger partial charge in [-0.3, -0.25) is 4.98 Å². The van der Waals surface area contributed by atoms with Crippen LogP contribution in [-0.4, -0.2) is 11.6 Å². The molecule has 0 saturated carbocycles. The molecule has 0 bridgehead atoms. The van der Waals surface area contributed by atoms with Crippen LogP contribution in [0.5, 0.6) is 5.75 Å². The number of aromatic nitrogens is 1. The molecule has 0 aliphatic heterocycles. The normalized spacial score (nSPS) is 10.5. The zero-order valence-corrected chi connectivity index (χ0v) is 8.07. The van der Waals surface area contributed by atoms with Crippen LogP contribution in [0.1, 0.15) is 6.92 Å². The van der Waals surface area contributed by atoms with E-state index in [2.05, 4.69) is 9.40 Å². The number of benzene rings is 1. The third kappa shape index (κ3) is 1.63. The average molecular weight is 207 g/mol. The molecule has 0 saturated heterocycles. The number of fused-ring (bicyclic) bond motifs is 1. The summed E-state index contributed by atoms with van der Waals surface area (Å²) in [6.07, 6.45) is 0. The molecule has 0 amide bonds. The molecule has 2 aromatic rings. The van der Waals surface area contributed by atoms with Gasteiger partial charge in [-0.05, 0) is 19.1 Å². The van der Waals surface area contributed by atoms with Crippen LogP contribution in [0.3, 0.4) is 0 Å². The second-order valence-electron chi connectivity index (χ2n) is 2.91. The topological polar surface area (TPSA) is 72.3 Å². The van der Waals surface area contributed by atoms with Gasteiger partial charge >= 0.3 is 11.4 Å². The molecule has 5 heteroatoms. The summed E-state index contributed by atoms with van der Waals surface area (Å²) < 4.78 is 9.68. The van der Waals surface area contributed by atoms with Gasteiger partial charge in [0.2, 0.25) is 0 Å². The fourth-order valence-electron chi connectivity index (χ4n) is 1.37. The predicted molar refractivity (Wildman–Crippen MR) is 54.3 cm³/mol. The van der Waals surface area contributed by atoms with Crippen LogP contribution < -0.4 is 16.1 Å². The first-order chi connectivity index (χ1) is 7.22. The van der Waals surface area contributed by atoms with Gasteiger partial charge in [0.25, 0.3) is 0 Å². The molecule has 78 valence electrons. The van der Waals surface area contributed by atoms with Crippen molar-refractivity contribution in [3.63, 3.8) is 0 Å². The van der Waals surface area contributed by atoms with E-state index in [9.17, 15) is 9.59 Å². The lowest BCUT2D eigenvalue weighted by Crippen LogP contribution is -2.15. The average Bonchev–Trinajstić information content (AvgIpc) is 2.19. The second-order valence-corrected chi connectivity index (χ2v) is 2.91.